The Kier molecular flexibility index (Phi) is 4.13. The highest BCUT2D eigenvalue weighted by molar-refractivity contribution is 7.89. The van der Waals surface area contributed by atoms with Gasteiger partial charge in [-0.05, 0) is 33.2 Å². The molecular weight excluding hydrogens is 264 g/mol. The van der Waals surface area contributed by atoms with Crippen LogP contribution in [0.1, 0.15) is 6.92 Å². The van der Waals surface area contributed by atoms with Crippen molar-refractivity contribution in [2.45, 2.75) is 17.9 Å². The van der Waals surface area contributed by atoms with Crippen LogP contribution in [0.25, 0.3) is 0 Å². The summed E-state index contributed by atoms with van der Waals surface area (Å²) < 4.78 is 31.6. The molecule has 2 rings (SSSR count). The molecule has 1 aliphatic heterocycles. The second kappa shape index (κ2) is 5.48. The zero-order valence-corrected chi connectivity index (χ0v) is 12.4. The van der Waals surface area contributed by atoms with E-state index in [1.807, 2.05) is 25.9 Å². The van der Waals surface area contributed by atoms with Gasteiger partial charge < -0.3 is 9.64 Å². The third-order valence-electron chi connectivity index (χ3n) is 3.31. The number of hydrogen-bond acceptors (Lipinski definition) is 4. The second-order valence-electron chi connectivity index (χ2n) is 4.85. The van der Waals surface area contributed by atoms with Gasteiger partial charge in [0.25, 0.3) is 0 Å². The van der Waals surface area contributed by atoms with Gasteiger partial charge >= 0.3 is 0 Å². The Hall–Kier alpha value is -1.11. The summed E-state index contributed by atoms with van der Waals surface area (Å²) in [5, 5.41) is 0. The van der Waals surface area contributed by atoms with E-state index >= 15 is 0 Å². The first-order chi connectivity index (χ1) is 8.95. The van der Waals surface area contributed by atoms with Gasteiger partial charge in [-0.15, -0.1) is 0 Å². The SMILES string of the molecule is CCOc1cccc(S(=O)(=O)N2CC(N(C)C)C2)c1. The highest BCUT2D eigenvalue weighted by Gasteiger charge is 2.37. The molecule has 1 fully saturated rings. The summed E-state index contributed by atoms with van der Waals surface area (Å²) in [6, 6.07) is 6.98. The largest absolute Gasteiger partial charge is 0.494 e. The van der Waals surface area contributed by atoms with Crippen LogP contribution in [0, 0.1) is 0 Å². The average Bonchev–Trinajstić information content (AvgIpc) is 2.26. The fraction of sp³-hybridized carbons (Fsp3) is 0.538. The average molecular weight is 284 g/mol. The number of rotatable bonds is 5. The predicted octanol–water partition coefficient (Wildman–Crippen LogP) is 1.02. The predicted molar refractivity (Wildman–Crippen MR) is 73.8 cm³/mol. The quantitative estimate of drug-likeness (QED) is 0.810. The zero-order valence-electron chi connectivity index (χ0n) is 11.5. The van der Waals surface area contributed by atoms with Crippen LogP contribution in [0.5, 0.6) is 5.75 Å². The lowest BCUT2D eigenvalue weighted by Gasteiger charge is -2.41. The van der Waals surface area contributed by atoms with Crippen LogP contribution < -0.4 is 4.74 Å². The molecule has 1 aromatic rings. The molecule has 1 aliphatic rings. The van der Waals surface area contributed by atoms with Crippen LogP contribution in [-0.4, -0.2) is 57.5 Å². The second-order valence-corrected chi connectivity index (χ2v) is 6.79. The summed E-state index contributed by atoms with van der Waals surface area (Å²) in [7, 11) is 0.542. The topological polar surface area (TPSA) is 49.9 Å². The van der Waals surface area contributed by atoms with Gasteiger partial charge in [0.05, 0.1) is 11.5 Å². The molecule has 0 amide bonds. The Morgan fingerprint density at radius 3 is 2.63 bits per heavy atom. The Morgan fingerprint density at radius 2 is 2.05 bits per heavy atom. The summed E-state index contributed by atoms with van der Waals surface area (Å²) in [5.41, 5.74) is 0. The van der Waals surface area contributed by atoms with E-state index in [1.165, 1.54) is 4.31 Å². The van der Waals surface area contributed by atoms with Gasteiger partial charge in [0.15, 0.2) is 0 Å². The van der Waals surface area contributed by atoms with Gasteiger partial charge in [-0.1, -0.05) is 6.07 Å². The Labute approximate surface area is 114 Å². The molecule has 0 unspecified atom stereocenters. The van der Waals surface area contributed by atoms with E-state index in [-0.39, 0.29) is 0 Å². The van der Waals surface area contributed by atoms with Gasteiger partial charge in [0, 0.05) is 25.2 Å². The van der Waals surface area contributed by atoms with Crippen LogP contribution in [0.2, 0.25) is 0 Å². The molecule has 0 bridgehead atoms. The molecular formula is C13H20N2O3S. The molecule has 0 saturated carbocycles. The van der Waals surface area contributed by atoms with E-state index in [0.29, 0.717) is 36.4 Å². The maximum atomic E-state index is 12.4. The van der Waals surface area contributed by atoms with Crippen LogP contribution in [0.15, 0.2) is 29.2 Å². The molecule has 1 heterocycles. The lowest BCUT2D eigenvalue weighted by molar-refractivity contribution is 0.134. The minimum atomic E-state index is -3.38. The Bertz CT molecular complexity index is 537. The van der Waals surface area contributed by atoms with Crippen LogP contribution >= 0.6 is 0 Å². The van der Waals surface area contributed by atoms with Crippen molar-refractivity contribution in [3.63, 3.8) is 0 Å². The van der Waals surface area contributed by atoms with Crippen molar-refractivity contribution in [2.75, 3.05) is 33.8 Å². The van der Waals surface area contributed by atoms with E-state index in [9.17, 15) is 8.42 Å². The van der Waals surface area contributed by atoms with E-state index in [2.05, 4.69) is 0 Å². The monoisotopic (exact) mass is 284 g/mol. The summed E-state index contributed by atoms with van der Waals surface area (Å²) in [6.45, 7) is 3.50. The van der Waals surface area contributed by atoms with E-state index < -0.39 is 10.0 Å². The van der Waals surface area contributed by atoms with Crippen LogP contribution in [0.3, 0.4) is 0 Å². The van der Waals surface area contributed by atoms with Crippen molar-refractivity contribution in [2.24, 2.45) is 0 Å². The van der Waals surface area contributed by atoms with Crippen LogP contribution in [-0.2, 0) is 10.0 Å². The standard InChI is InChI=1S/C13H20N2O3S/c1-4-18-12-6-5-7-13(8-12)19(16,17)15-9-11(10-15)14(2)3/h5-8,11H,4,9-10H2,1-3H3. The first-order valence-electron chi connectivity index (χ1n) is 6.34. The molecule has 1 aromatic carbocycles. The maximum Gasteiger partial charge on any atom is 0.243 e. The van der Waals surface area contributed by atoms with Gasteiger partial charge in [-0.3, -0.25) is 0 Å². The van der Waals surface area contributed by atoms with E-state index in [0.717, 1.165) is 0 Å². The van der Waals surface area contributed by atoms with Gasteiger partial charge in [0.1, 0.15) is 5.75 Å². The fourth-order valence-electron chi connectivity index (χ4n) is 1.98. The minimum Gasteiger partial charge on any atom is -0.494 e. The number of likely N-dealkylation sites (N-methyl/N-ethyl adjacent to an activating group) is 1. The van der Waals surface area contributed by atoms with E-state index in [4.69, 9.17) is 4.74 Å². The van der Waals surface area contributed by atoms with Crippen molar-refractivity contribution < 1.29 is 13.2 Å². The molecule has 6 heteroatoms. The Balaban J connectivity index is 2.14. The van der Waals surface area contributed by atoms with E-state index in [1.54, 1.807) is 24.3 Å². The number of sulfonamides is 1. The third-order valence-corrected chi connectivity index (χ3v) is 5.14. The first kappa shape index (κ1) is 14.3. The highest BCUT2D eigenvalue weighted by Crippen LogP contribution is 2.25. The molecule has 5 nitrogen and oxygen atoms in total. The molecule has 0 radical (unpaired) electrons. The molecule has 106 valence electrons. The molecule has 0 atom stereocenters. The van der Waals surface area contributed by atoms with Crippen molar-refractivity contribution in [1.29, 1.82) is 0 Å². The third kappa shape index (κ3) is 2.91. The molecule has 0 spiro atoms. The summed E-state index contributed by atoms with van der Waals surface area (Å²) >= 11 is 0. The Morgan fingerprint density at radius 1 is 1.37 bits per heavy atom. The van der Waals surface area contributed by atoms with Crippen molar-refractivity contribution >= 4 is 10.0 Å². The maximum absolute atomic E-state index is 12.4. The zero-order chi connectivity index (χ0) is 14.0. The smallest absolute Gasteiger partial charge is 0.243 e. The summed E-state index contributed by atoms with van der Waals surface area (Å²) in [6.07, 6.45) is 0. The minimum absolute atomic E-state index is 0.302. The van der Waals surface area contributed by atoms with Crippen molar-refractivity contribution in [3.8, 4) is 5.75 Å². The van der Waals surface area contributed by atoms with Gasteiger partial charge in [-0.2, -0.15) is 4.31 Å². The number of nitrogens with zero attached hydrogens (tertiary/aromatic N) is 2. The van der Waals surface area contributed by atoms with Crippen molar-refractivity contribution in [3.05, 3.63) is 24.3 Å². The fourth-order valence-corrected chi connectivity index (χ4v) is 3.53. The first-order valence-corrected chi connectivity index (χ1v) is 7.78. The molecule has 1 saturated heterocycles. The molecule has 0 aliphatic carbocycles. The highest BCUT2D eigenvalue weighted by atomic mass is 32.2. The molecule has 19 heavy (non-hydrogen) atoms. The lowest BCUT2D eigenvalue weighted by atomic mass is 10.2. The van der Waals surface area contributed by atoms with Crippen LogP contribution in [0.4, 0.5) is 0 Å². The molecule has 0 aromatic heterocycles. The summed E-state index contributed by atoms with van der Waals surface area (Å²) in [5.74, 6) is 0.591. The summed E-state index contributed by atoms with van der Waals surface area (Å²) in [4.78, 5) is 2.35. The molecule has 0 N–H and O–H groups in total. The lowest BCUT2D eigenvalue weighted by Crippen LogP contribution is -2.58. The van der Waals surface area contributed by atoms with Crippen molar-refractivity contribution in [1.82, 2.24) is 9.21 Å². The van der Waals surface area contributed by atoms with Gasteiger partial charge in [0.2, 0.25) is 10.0 Å². The van der Waals surface area contributed by atoms with Gasteiger partial charge in [-0.25, -0.2) is 8.42 Å². The number of hydrogen-bond donors (Lipinski definition) is 0. The number of ether oxygens (including phenoxy) is 1. The normalized spacial score (nSPS) is 17.5. The number of benzene rings is 1.